The van der Waals surface area contributed by atoms with Crippen molar-refractivity contribution in [2.45, 2.75) is 47.0 Å². The molecule has 0 aliphatic rings. The number of hydrogen-bond donors (Lipinski definition) is 0. The Balaban J connectivity index is 0.00000338. The summed E-state index contributed by atoms with van der Waals surface area (Å²) in [6, 6.07) is 40.4. The van der Waals surface area contributed by atoms with Crippen LogP contribution in [0.1, 0.15) is 43.0 Å². The molecular weight excluding hydrogens is 744 g/mol. The van der Waals surface area contributed by atoms with E-state index < -0.39 is 0 Å². The van der Waals surface area contributed by atoms with Crippen molar-refractivity contribution >= 4 is 43.9 Å². The number of aromatic nitrogens is 4. The summed E-state index contributed by atoms with van der Waals surface area (Å²) in [5.41, 5.74) is 12.0. The van der Waals surface area contributed by atoms with E-state index >= 15 is 0 Å². The third kappa shape index (κ3) is 4.79. The van der Waals surface area contributed by atoms with Gasteiger partial charge in [-0.05, 0) is 74.2 Å². The maximum atomic E-state index is 5.54. The molecule has 5 heteroatoms. The monoisotopic (exact) mass is 778 g/mol. The molecule has 8 aromatic rings. The van der Waals surface area contributed by atoms with Crippen LogP contribution < -0.4 is 0 Å². The van der Waals surface area contributed by atoms with Crippen LogP contribution in [-0.4, -0.2) is 19.1 Å². The number of hydrogen-bond acceptors (Lipinski definition) is 2. The molecule has 230 valence electrons. The Morgan fingerprint density at radius 3 is 1.93 bits per heavy atom. The Morgan fingerprint density at radius 2 is 1.26 bits per heavy atom. The Kier molecular flexibility index (Phi) is 7.25. The SMILES string of the molecule is Cc1ccc2c(c1)c1cc3c4cc(C)ccc4n(-c4cccc(-c5ccccc5C)n4)c3nc1n2-c1[c-]ccc(C(C)(C)C)c1.[Pt]. The molecule has 0 amide bonds. The number of benzene rings is 4. The minimum atomic E-state index is 0. The summed E-state index contributed by atoms with van der Waals surface area (Å²) in [7, 11) is 0. The van der Waals surface area contributed by atoms with E-state index in [0.717, 1.165) is 55.9 Å². The van der Waals surface area contributed by atoms with Crippen molar-refractivity contribution in [3.05, 3.63) is 131 Å². The second-order valence-corrected chi connectivity index (χ2v) is 13.4. The first-order valence-electron chi connectivity index (χ1n) is 15.6. The van der Waals surface area contributed by atoms with Crippen LogP contribution >= 0.6 is 0 Å². The predicted octanol–water partition coefficient (Wildman–Crippen LogP) is 10.4. The van der Waals surface area contributed by atoms with Gasteiger partial charge in [-0.15, -0.1) is 6.07 Å². The summed E-state index contributed by atoms with van der Waals surface area (Å²) in [5, 5.41) is 4.63. The molecule has 0 unspecified atom stereocenters. The van der Waals surface area contributed by atoms with Gasteiger partial charge in [-0.2, -0.15) is 23.8 Å². The molecule has 0 radical (unpaired) electrons. The van der Waals surface area contributed by atoms with Crippen molar-refractivity contribution in [3.63, 3.8) is 0 Å². The normalized spacial score (nSPS) is 12.0. The number of rotatable bonds is 3. The molecule has 4 nitrogen and oxygen atoms in total. The van der Waals surface area contributed by atoms with E-state index in [-0.39, 0.29) is 26.5 Å². The van der Waals surface area contributed by atoms with Crippen molar-refractivity contribution in [2.24, 2.45) is 0 Å². The minimum Gasteiger partial charge on any atom is -0.318 e. The summed E-state index contributed by atoms with van der Waals surface area (Å²) in [4.78, 5) is 10.8. The van der Waals surface area contributed by atoms with E-state index in [4.69, 9.17) is 9.97 Å². The van der Waals surface area contributed by atoms with Crippen LogP contribution in [0.15, 0.2) is 103 Å². The maximum Gasteiger partial charge on any atom is 0.149 e. The molecule has 0 aliphatic carbocycles. The minimum absolute atomic E-state index is 0. The van der Waals surface area contributed by atoms with Crippen LogP contribution in [0.5, 0.6) is 0 Å². The molecule has 0 N–H and O–H groups in total. The molecular formula is C41H35N4Pt-. The van der Waals surface area contributed by atoms with Crippen LogP contribution in [0, 0.1) is 26.8 Å². The molecule has 0 bridgehead atoms. The Bertz CT molecular complexity index is 2460. The third-order valence-corrected chi connectivity index (χ3v) is 9.05. The van der Waals surface area contributed by atoms with Gasteiger partial charge in [-0.1, -0.05) is 80.1 Å². The standard InChI is InChI=1S/C41H35N4.Pt/c1-25-17-19-36-31(21-25)33-24-34-32-22-26(2)18-20-37(32)45(38-16-10-15-35(42-38)30-14-8-7-11-27(30)3)40(34)43-39(33)44(36)29-13-9-12-28(23-29)41(4,5)6;/h7-12,14-24H,1-6H3;/q-1;. The summed E-state index contributed by atoms with van der Waals surface area (Å²) >= 11 is 0. The number of nitrogens with zero attached hydrogens (tertiary/aromatic N) is 4. The van der Waals surface area contributed by atoms with E-state index in [9.17, 15) is 0 Å². The molecule has 4 aromatic heterocycles. The van der Waals surface area contributed by atoms with Crippen LogP contribution in [0.25, 0.3) is 66.6 Å². The van der Waals surface area contributed by atoms with E-state index in [1.54, 1.807) is 0 Å². The van der Waals surface area contributed by atoms with Crippen LogP contribution in [-0.2, 0) is 26.5 Å². The Labute approximate surface area is 284 Å². The molecule has 0 aliphatic heterocycles. The van der Waals surface area contributed by atoms with E-state index in [1.807, 2.05) is 6.07 Å². The quantitative estimate of drug-likeness (QED) is 0.168. The van der Waals surface area contributed by atoms with Gasteiger partial charge < -0.3 is 4.57 Å². The molecule has 0 fully saturated rings. The molecule has 4 heterocycles. The van der Waals surface area contributed by atoms with Gasteiger partial charge in [0.1, 0.15) is 17.1 Å². The largest absolute Gasteiger partial charge is 0.318 e. The Hall–Kier alpha value is -4.53. The van der Waals surface area contributed by atoms with E-state index in [0.29, 0.717) is 0 Å². The second-order valence-electron chi connectivity index (χ2n) is 13.4. The van der Waals surface area contributed by atoms with Crippen molar-refractivity contribution < 1.29 is 21.1 Å². The fourth-order valence-corrected chi connectivity index (χ4v) is 6.66. The molecule has 4 aromatic carbocycles. The number of aryl methyl sites for hydroxylation is 3. The zero-order chi connectivity index (χ0) is 31.0. The topological polar surface area (TPSA) is 35.6 Å². The fraction of sp³-hybridized carbons (Fsp3) is 0.171. The van der Waals surface area contributed by atoms with Crippen LogP contribution in [0.3, 0.4) is 0 Å². The first-order valence-corrected chi connectivity index (χ1v) is 15.6. The summed E-state index contributed by atoms with van der Waals surface area (Å²) in [5.74, 6) is 0.853. The third-order valence-electron chi connectivity index (χ3n) is 9.05. The Morgan fingerprint density at radius 1 is 0.609 bits per heavy atom. The van der Waals surface area contributed by atoms with Gasteiger partial charge in [0.2, 0.25) is 0 Å². The zero-order valence-corrected chi connectivity index (χ0v) is 29.2. The average Bonchev–Trinajstić information content (AvgIpc) is 3.51. The molecule has 46 heavy (non-hydrogen) atoms. The van der Waals surface area contributed by atoms with Crippen LogP contribution in [0.4, 0.5) is 0 Å². The first kappa shape index (κ1) is 30.1. The van der Waals surface area contributed by atoms with Crippen molar-refractivity contribution in [2.75, 3.05) is 0 Å². The molecule has 0 saturated heterocycles. The van der Waals surface area contributed by atoms with Gasteiger partial charge in [-0.25, -0.2) is 9.97 Å². The van der Waals surface area contributed by atoms with Gasteiger partial charge in [0.05, 0.1) is 16.7 Å². The summed E-state index contributed by atoms with van der Waals surface area (Å²) < 4.78 is 4.51. The zero-order valence-electron chi connectivity index (χ0n) is 26.9. The maximum absolute atomic E-state index is 5.54. The summed E-state index contributed by atoms with van der Waals surface area (Å²) in [6.45, 7) is 13.2. The second kappa shape index (κ2) is 11.1. The van der Waals surface area contributed by atoms with Gasteiger partial charge >= 0.3 is 0 Å². The van der Waals surface area contributed by atoms with E-state index in [1.165, 1.54) is 33.0 Å². The number of fused-ring (bicyclic) bond motifs is 6. The molecule has 8 rings (SSSR count). The van der Waals surface area contributed by atoms with Crippen molar-refractivity contribution in [3.8, 4) is 22.8 Å². The molecule has 0 atom stereocenters. The van der Waals surface area contributed by atoms with Gasteiger partial charge in [0.25, 0.3) is 0 Å². The van der Waals surface area contributed by atoms with Crippen LogP contribution in [0.2, 0.25) is 0 Å². The average molecular weight is 779 g/mol. The predicted molar refractivity (Wildman–Crippen MR) is 188 cm³/mol. The van der Waals surface area contributed by atoms with Gasteiger partial charge in [-0.3, -0.25) is 4.57 Å². The van der Waals surface area contributed by atoms with Gasteiger partial charge in [0, 0.05) is 48.2 Å². The molecule has 0 spiro atoms. The van der Waals surface area contributed by atoms with Gasteiger partial charge in [0.15, 0.2) is 0 Å². The smallest absolute Gasteiger partial charge is 0.149 e. The van der Waals surface area contributed by atoms with E-state index in [2.05, 4.69) is 154 Å². The first-order chi connectivity index (χ1) is 21.7. The van der Waals surface area contributed by atoms with Crippen molar-refractivity contribution in [1.29, 1.82) is 0 Å². The molecule has 0 saturated carbocycles. The number of pyridine rings is 2. The fourth-order valence-electron chi connectivity index (χ4n) is 6.66. The van der Waals surface area contributed by atoms with Crippen molar-refractivity contribution in [1.82, 2.24) is 19.1 Å². The summed E-state index contributed by atoms with van der Waals surface area (Å²) in [6.07, 6.45) is 0.